The number of furan rings is 1. The molecule has 0 saturated carbocycles. The van der Waals surface area contributed by atoms with Crippen LogP contribution >= 0.6 is 0 Å². The maximum absolute atomic E-state index is 11.4. The lowest BCUT2D eigenvalue weighted by Crippen LogP contribution is -2.36. The first kappa shape index (κ1) is 9.27. The summed E-state index contributed by atoms with van der Waals surface area (Å²) < 4.78 is 4.98. The van der Waals surface area contributed by atoms with E-state index >= 15 is 0 Å². The molecule has 1 unspecified atom stereocenters. The summed E-state index contributed by atoms with van der Waals surface area (Å²) in [6.07, 6.45) is 3.84. The summed E-state index contributed by atoms with van der Waals surface area (Å²) >= 11 is 0. The van der Waals surface area contributed by atoms with Crippen molar-refractivity contribution in [2.75, 3.05) is 13.1 Å². The molecule has 2 heterocycles. The van der Waals surface area contributed by atoms with E-state index in [1.807, 2.05) is 0 Å². The molecule has 1 aromatic heterocycles. The predicted octanol–water partition coefficient (Wildman–Crippen LogP) is 0.761. The number of carbonyl (C=O) groups excluding carboxylic acids is 1. The quantitative estimate of drug-likeness (QED) is 0.747. The number of amides is 1. The van der Waals surface area contributed by atoms with Crippen LogP contribution in [0.15, 0.2) is 22.8 Å². The number of hydrogen-bond donors (Lipinski definition) is 2. The van der Waals surface area contributed by atoms with Gasteiger partial charge in [0.05, 0.1) is 6.26 Å². The second-order valence-electron chi connectivity index (χ2n) is 3.48. The van der Waals surface area contributed by atoms with Crippen LogP contribution in [-0.4, -0.2) is 25.0 Å². The molecule has 1 saturated heterocycles. The summed E-state index contributed by atoms with van der Waals surface area (Å²) in [6, 6.07) is 3.80. The fourth-order valence-corrected chi connectivity index (χ4v) is 1.64. The van der Waals surface area contributed by atoms with Crippen LogP contribution < -0.4 is 10.6 Å². The third-order valence-corrected chi connectivity index (χ3v) is 2.42. The third kappa shape index (κ3) is 2.14. The van der Waals surface area contributed by atoms with E-state index in [2.05, 4.69) is 10.6 Å². The maximum atomic E-state index is 11.4. The van der Waals surface area contributed by atoms with Crippen LogP contribution in [0.5, 0.6) is 0 Å². The van der Waals surface area contributed by atoms with Gasteiger partial charge in [-0.3, -0.25) is 4.79 Å². The molecule has 4 heteroatoms. The van der Waals surface area contributed by atoms with Crippen LogP contribution in [-0.2, 0) is 0 Å². The molecule has 76 valence electrons. The van der Waals surface area contributed by atoms with Crippen molar-refractivity contribution < 1.29 is 9.21 Å². The minimum Gasteiger partial charge on any atom is -0.459 e. The predicted molar refractivity (Wildman–Crippen MR) is 52.1 cm³/mol. The van der Waals surface area contributed by atoms with Crippen LogP contribution in [0.3, 0.4) is 0 Å². The second kappa shape index (κ2) is 4.28. The summed E-state index contributed by atoms with van der Waals surface area (Å²) in [5.74, 6) is 0.242. The van der Waals surface area contributed by atoms with E-state index in [1.165, 1.54) is 12.7 Å². The molecule has 0 aliphatic carbocycles. The fraction of sp³-hybridized carbons (Fsp3) is 0.500. The molecule has 1 fully saturated rings. The van der Waals surface area contributed by atoms with Gasteiger partial charge in [0.15, 0.2) is 5.76 Å². The minimum atomic E-state index is -0.135. The van der Waals surface area contributed by atoms with Gasteiger partial charge in [-0.05, 0) is 31.5 Å². The van der Waals surface area contributed by atoms with Crippen molar-refractivity contribution in [3.8, 4) is 0 Å². The number of carbonyl (C=O) groups is 1. The van der Waals surface area contributed by atoms with Crippen molar-refractivity contribution >= 4 is 5.91 Å². The second-order valence-corrected chi connectivity index (χ2v) is 3.48. The molecule has 1 aromatic rings. The number of rotatable bonds is 3. The Balaban J connectivity index is 1.78. The lowest BCUT2D eigenvalue weighted by Gasteiger charge is -2.09. The minimum absolute atomic E-state index is 0.135. The summed E-state index contributed by atoms with van der Waals surface area (Å²) in [4.78, 5) is 11.4. The summed E-state index contributed by atoms with van der Waals surface area (Å²) in [6.45, 7) is 1.74. The molecule has 1 aliphatic rings. The molecule has 4 nitrogen and oxygen atoms in total. The molecule has 2 N–H and O–H groups in total. The highest BCUT2D eigenvalue weighted by Crippen LogP contribution is 2.04. The molecular formula is C10H14N2O2. The van der Waals surface area contributed by atoms with Gasteiger partial charge in [0.1, 0.15) is 0 Å². The summed E-state index contributed by atoms with van der Waals surface area (Å²) in [5.41, 5.74) is 0. The summed E-state index contributed by atoms with van der Waals surface area (Å²) in [7, 11) is 0. The SMILES string of the molecule is O=C(NCC1CCCN1)c1ccco1. The van der Waals surface area contributed by atoms with E-state index in [1.54, 1.807) is 12.1 Å². The standard InChI is InChI=1S/C10H14N2O2/c13-10(9-4-2-6-14-9)12-7-8-3-1-5-11-8/h2,4,6,8,11H,1,3,5,7H2,(H,12,13). The Hall–Kier alpha value is -1.29. The highest BCUT2D eigenvalue weighted by atomic mass is 16.3. The highest BCUT2D eigenvalue weighted by Gasteiger charge is 2.15. The Bertz CT molecular complexity index is 289. The van der Waals surface area contributed by atoms with Crippen LogP contribution in [0.2, 0.25) is 0 Å². The topological polar surface area (TPSA) is 54.3 Å². The fourth-order valence-electron chi connectivity index (χ4n) is 1.64. The molecule has 0 bridgehead atoms. The van der Waals surface area contributed by atoms with Gasteiger partial charge in [0, 0.05) is 12.6 Å². The van der Waals surface area contributed by atoms with E-state index in [9.17, 15) is 4.79 Å². The van der Waals surface area contributed by atoms with Gasteiger partial charge in [-0.2, -0.15) is 0 Å². The van der Waals surface area contributed by atoms with E-state index in [4.69, 9.17) is 4.42 Å². The van der Waals surface area contributed by atoms with Crippen molar-refractivity contribution in [1.29, 1.82) is 0 Å². The van der Waals surface area contributed by atoms with Gasteiger partial charge in [0.25, 0.3) is 5.91 Å². The average molecular weight is 194 g/mol. The molecule has 2 rings (SSSR count). The van der Waals surface area contributed by atoms with Crippen molar-refractivity contribution in [1.82, 2.24) is 10.6 Å². The first-order valence-electron chi connectivity index (χ1n) is 4.91. The number of hydrogen-bond acceptors (Lipinski definition) is 3. The Morgan fingerprint density at radius 3 is 3.29 bits per heavy atom. The zero-order valence-corrected chi connectivity index (χ0v) is 7.95. The van der Waals surface area contributed by atoms with E-state index in [-0.39, 0.29) is 5.91 Å². The van der Waals surface area contributed by atoms with E-state index in [0.29, 0.717) is 18.3 Å². The zero-order chi connectivity index (χ0) is 9.80. The molecule has 0 spiro atoms. The van der Waals surface area contributed by atoms with Crippen LogP contribution in [0.1, 0.15) is 23.4 Å². The van der Waals surface area contributed by atoms with Gasteiger partial charge in [-0.25, -0.2) is 0 Å². The third-order valence-electron chi connectivity index (χ3n) is 2.42. The lowest BCUT2D eigenvalue weighted by molar-refractivity contribution is 0.0922. The van der Waals surface area contributed by atoms with Crippen molar-refractivity contribution in [2.45, 2.75) is 18.9 Å². The normalized spacial score (nSPS) is 21.0. The monoisotopic (exact) mass is 194 g/mol. The molecule has 1 amide bonds. The van der Waals surface area contributed by atoms with Gasteiger partial charge >= 0.3 is 0 Å². The zero-order valence-electron chi connectivity index (χ0n) is 7.95. The van der Waals surface area contributed by atoms with Gasteiger partial charge < -0.3 is 15.1 Å². The Kier molecular flexibility index (Phi) is 2.84. The molecule has 0 radical (unpaired) electrons. The lowest BCUT2D eigenvalue weighted by atomic mass is 10.2. The Morgan fingerprint density at radius 1 is 1.71 bits per heavy atom. The van der Waals surface area contributed by atoms with Gasteiger partial charge in [0.2, 0.25) is 0 Å². The molecule has 14 heavy (non-hydrogen) atoms. The number of nitrogens with one attached hydrogen (secondary N) is 2. The van der Waals surface area contributed by atoms with E-state index in [0.717, 1.165) is 13.0 Å². The molecular weight excluding hydrogens is 180 g/mol. The first-order chi connectivity index (χ1) is 6.86. The van der Waals surface area contributed by atoms with Crippen LogP contribution in [0.4, 0.5) is 0 Å². The highest BCUT2D eigenvalue weighted by molar-refractivity contribution is 5.91. The first-order valence-corrected chi connectivity index (χ1v) is 4.91. The van der Waals surface area contributed by atoms with Gasteiger partial charge in [-0.15, -0.1) is 0 Å². The maximum Gasteiger partial charge on any atom is 0.287 e. The Labute approximate surface area is 82.7 Å². The van der Waals surface area contributed by atoms with Gasteiger partial charge in [-0.1, -0.05) is 0 Å². The van der Waals surface area contributed by atoms with Crippen molar-refractivity contribution in [3.05, 3.63) is 24.2 Å². The van der Waals surface area contributed by atoms with E-state index < -0.39 is 0 Å². The summed E-state index contributed by atoms with van der Waals surface area (Å²) in [5, 5.41) is 6.14. The molecule has 1 atom stereocenters. The van der Waals surface area contributed by atoms with Crippen molar-refractivity contribution in [2.24, 2.45) is 0 Å². The van der Waals surface area contributed by atoms with Crippen LogP contribution in [0, 0.1) is 0 Å². The smallest absolute Gasteiger partial charge is 0.287 e. The Morgan fingerprint density at radius 2 is 2.64 bits per heavy atom. The molecule has 0 aromatic carbocycles. The average Bonchev–Trinajstić information content (AvgIpc) is 2.87. The largest absolute Gasteiger partial charge is 0.459 e. The van der Waals surface area contributed by atoms with Crippen molar-refractivity contribution in [3.63, 3.8) is 0 Å². The van der Waals surface area contributed by atoms with Crippen LogP contribution in [0.25, 0.3) is 0 Å². The molecule has 1 aliphatic heterocycles.